The van der Waals surface area contributed by atoms with Gasteiger partial charge in [-0.25, -0.2) is 4.79 Å². The molecule has 4 aromatic rings. The number of hydrogen-bond donors (Lipinski definition) is 0. The van der Waals surface area contributed by atoms with E-state index in [1.807, 2.05) is 18.2 Å². The van der Waals surface area contributed by atoms with Gasteiger partial charge in [-0.2, -0.15) is 40.7 Å². The first-order valence-electron chi connectivity index (χ1n) is 14.7. The molecule has 0 saturated carbocycles. The van der Waals surface area contributed by atoms with Gasteiger partial charge < -0.3 is 4.74 Å². The lowest BCUT2D eigenvalue weighted by Crippen LogP contribution is -2.33. The lowest BCUT2D eigenvalue weighted by atomic mass is 10.0. The molecule has 0 aliphatic carbocycles. The van der Waals surface area contributed by atoms with Crippen LogP contribution in [0.25, 0.3) is 11.1 Å². The number of nitrogens with zero attached hydrogens (tertiary/aromatic N) is 8. The van der Waals surface area contributed by atoms with Gasteiger partial charge in [-0.05, 0) is 73.5 Å². The minimum Gasteiger partial charge on any atom is -0.461 e. The molecule has 0 spiro atoms. The molecule has 2 atom stereocenters. The molecule has 6 rings (SSSR count). The summed E-state index contributed by atoms with van der Waals surface area (Å²) in [6.45, 7) is 3.48. The second kappa shape index (κ2) is 14.0. The summed E-state index contributed by atoms with van der Waals surface area (Å²) in [5.74, 6) is -1.63. The Morgan fingerprint density at radius 2 is 1.21 bits per heavy atom. The van der Waals surface area contributed by atoms with E-state index < -0.39 is 24.0 Å². The van der Waals surface area contributed by atoms with Crippen LogP contribution in [0.3, 0.4) is 0 Å². The largest absolute Gasteiger partial charge is 0.461 e. The van der Waals surface area contributed by atoms with Crippen molar-refractivity contribution in [3.05, 3.63) is 107 Å². The number of esters is 1. The molecule has 48 heavy (non-hydrogen) atoms. The van der Waals surface area contributed by atoms with Crippen LogP contribution >= 0.6 is 23.2 Å². The van der Waals surface area contributed by atoms with E-state index >= 15 is 0 Å². The van der Waals surface area contributed by atoms with E-state index in [0.717, 1.165) is 16.1 Å². The van der Waals surface area contributed by atoms with Crippen molar-refractivity contribution in [1.29, 1.82) is 0 Å². The van der Waals surface area contributed by atoms with Crippen molar-refractivity contribution in [2.75, 3.05) is 16.6 Å². The normalized spacial score (nSPS) is 17.8. The van der Waals surface area contributed by atoms with Gasteiger partial charge in [0.1, 0.15) is 11.4 Å². The molecule has 0 N–H and O–H groups in total. The zero-order valence-corrected chi connectivity index (χ0v) is 27.1. The molecule has 0 aromatic heterocycles. The van der Waals surface area contributed by atoms with E-state index in [2.05, 4.69) is 30.7 Å². The Morgan fingerprint density at radius 3 is 1.71 bits per heavy atom. The summed E-state index contributed by atoms with van der Waals surface area (Å²) >= 11 is 13.1. The maximum Gasteiger partial charge on any atom is 0.357 e. The average molecular weight is 682 g/mol. The van der Waals surface area contributed by atoms with Gasteiger partial charge in [0.2, 0.25) is 6.04 Å². The Labute approximate surface area is 285 Å². The Hall–Kier alpha value is -5.59. The third-order valence-corrected chi connectivity index (χ3v) is 7.89. The van der Waals surface area contributed by atoms with Crippen LogP contribution < -0.4 is 10.0 Å². The number of amides is 2. The molecule has 2 aliphatic heterocycles. The monoisotopic (exact) mass is 680 g/mol. The predicted octanol–water partition coefficient (Wildman–Crippen LogP) is 7.95. The van der Waals surface area contributed by atoms with Crippen molar-refractivity contribution < 1.29 is 19.1 Å². The number of hydrazone groups is 2. The SMILES string of the molecule is CCOC(=O)C1=NN(c2ccccc2)C(=O)C1N=Nc1ccc(-c2ccc(N=NC3C(=O)N(c4ccccc4)N=C3C)c(Cl)c2)cc1Cl. The van der Waals surface area contributed by atoms with E-state index in [1.165, 1.54) is 5.01 Å². The van der Waals surface area contributed by atoms with Gasteiger partial charge in [-0.1, -0.05) is 71.7 Å². The van der Waals surface area contributed by atoms with Crippen LogP contribution in [0.15, 0.2) is 128 Å². The molecule has 0 fully saturated rings. The highest BCUT2D eigenvalue weighted by molar-refractivity contribution is 6.46. The number of ether oxygens (including phenoxy) is 1. The molecule has 4 aromatic carbocycles. The first-order valence-corrected chi connectivity index (χ1v) is 15.5. The van der Waals surface area contributed by atoms with Gasteiger partial charge >= 0.3 is 5.97 Å². The van der Waals surface area contributed by atoms with E-state index in [0.29, 0.717) is 27.8 Å². The Bertz CT molecular complexity index is 2020. The third-order valence-electron chi connectivity index (χ3n) is 7.28. The Balaban J connectivity index is 1.17. The van der Waals surface area contributed by atoms with Crippen LogP contribution in [0.1, 0.15) is 13.8 Å². The quantitative estimate of drug-likeness (QED) is 0.131. The minimum absolute atomic E-state index is 0.102. The fourth-order valence-electron chi connectivity index (χ4n) is 4.88. The summed E-state index contributed by atoms with van der Waals surface area (Å²) in [4.78, 5) is 38.8. The molecule has 0 radical (unpaired) electrons. The number of halogens is 2. The molecule has 0 saturated heterocycles. The molecule has 12 nitrogen and oxygen atoms in total. The second-order valence-corrected chi connectivity index (χ2v) is 11.3. The van der Waals surface area contributed by atoms with E-state index in [-0.39, 0.29) is 28.9 Å². The smallest absolute Gasteiger partial charge is 0.357 e. The number of hydrogen-bond acceptors (Lipinski definition) is 10. The summed E-state index contributed by atoms with van der Waals surface area (Å²) in [5, 5.41) is 28.3. The van der Waals surface area contributed by atoms with Crippen LogP contribution in [-0.2, 0) is 19.1 Å². The lowest BCUT2D eigenvalue weighted by Gasteiger charge is -2.12. The highest BCUT2D eigenvalue weighted by atomic mass is 35.5. The van der Waals surface area contributed by atoms with Gasteiger partial charge in [0.15, 0.2) is 11.8 Å². The lowest BCUT2D eigenvalue weighted by molar-refractivity contribution is -0.135. The van der Waals surface area contributed by atoms with Crippen molar-refractivity contribution in [3.63, 3.8) is 0 Å². The third kappa shape index (κ3) is 6.61. The summed E-state index contributed by atoms with van der Waals surface area (Å²) in [6.07, 6.45) is 0. The molecule has 2 aliphatic rings. The Kier molecular flexibility index (Phi) is 9.46. The van der Waals surface area contributed by atoms with Crippen LogP contribution in [0.5, 0.6) is 0 Å². The number of anilines is 2. The number of carbonyl (C=O) groups is 3. The van der Waals surface area contributed by atoms with Crippen LogP contribution in [-0.4, -0.2) is 47.9 Å². The molecular weight excluding hydrogens is 655 g/mol. The minimum atomic E-state index is -1.31. The highest BCUT2D eigenvalue weighted by Crippen LogP contribution is 2.36. The molecule has 240 valence electrons. The van der Waals surface area contributed by atoms with Gasteiger partial charge in [0.05, 0.1) is 33.7 Å². The van der Waals surface area contributed by atoms with Gasteiger partial charge in [0.25, 0.3) is 11.8 Å². The zero-order chi connectivity index (χ0) is 33.8. The fraction of sp³-hybridized carbons (Fsp3) is 0.147. The van der Waals surface area contributed by atoms with Crippen molar-refractivity contribution in [3.8, 4) is 11.1 Å². The van der Waals surface area contributed by atoms with E-state index in [1.54, 1.807) is 92.7 Å². The maximum atomic E-state index is 13.2. The van der Waals surface area contributed by atoms with E-state index in [9.17, 15) is 14.4 Å². The predicted molar refractivity (Wildman–Crippen MR) is 184 cm³/mol. The van der Waals surface area contributed by atoms with Crippen LogP contribution in [0.2, 0.25) is 10.0 Å². The summed E-state index contributed by atoms with van der Waals surface area (Å²) in [7, 11) is 0. The molecular formula is C34H26Cl2N8O4. The first-order chi connectivity index (χ1) is 23.2. The zero-order valence-electron chi connectivity index (χ0n) is 25.6. The van der Waals surface area contributed by atoms with Crippen molar-refractivity contribution in [2.24, 2.45) is 30.7 Å². The average Bonchev–Trinajstić information content (AvgIpc) is 3.58. The number of rotatable bonds is 9. The fourth-order valence-corrected chi connectivity index (χ4v) is 5.32. The molecule has 0 bridgehead atoms. The first kappa shape index (κ1) is 32.4. The van der Waals surface area contributed by atoms with Crippen molar-refractivity contribution in [2.45, 2.75) is 25.9 Å². The molecule has 2 amide bonds. The van der Waals surface area contributed by atoms with Crippen molar-refractivity contribution in [1.82, 2.24) is 0 Å². The molecule has 14 heteroatoms. The number of carbonyl (C=O) groups excluding carboxylic acids is 3. The van der Waals surface area contributed by atoms with Gasteiger partial charge in [-0.15, -0.1) is 0 Å². The summed E-state index contributed by atoms with van der Waals surface area (Å²) in [5.41, 5.74) is 3.55. The van der Waals surface area contributed by atoms with Crippen LogP contribution in [0, 0.1) is 0 Å². The van der Waals surface area contributed by atoms with Gasteiger partial charge in [0, 0.05) is 0 Å². The summed E-state index contributed by atoms with van der Waals surface area (Å²) < 4.78 is 5.10. The maximum absolute atomic E-state index is 13.2. The summed E-state index contributed by atoms with van der Waals surface area (Å²) in [6, 6.07) is 25.8. The number of azo groups is 2. The number of benzene rings is 4. The standard InChI is InChI=1S/C34H26Cl2N8O4/c1-3-48-34(47)31-30(33(46)44(42-31)24-12-8-5-9-13-24)40-38-28-17-15-22(19-26(28)36)21-14-16-27(25(35)18-21)37-39-29-20(2)41-43(32(29)45)23-10-6-4-7-11-23/h4-19,29-30H,3H2,1-2H3. The van der Waals surface area contributed by atoms with Crippen LogP contribution in [0.4, 0.5) is 22.7 Å². The topological polar surface area (TPSA) is 141 Å². The van der Waals surface area contributed by atoms with Crippen molar-refractivity contribution >= 4 is 75.2 Å². The van der Waals surface area contributed by atoms with Gasteiger partial charge in [-0.3, -0.25) is 9.59 Å². The second-order valence-electron chi connectivity index (χ2n) is 10.5. The van der Waals surface area contributed by atoms with E-state index in [4.69, 9.17) is 27.9 Å². The molecule has 2 heterocycles. The Morgan fingerprint density at radius 1 is 0.729 bits per heavy atom. The highest BCUT2D eigenvalue weighted by Gasteiger charge is 2.42. The number of para-hydroxylation sites is 2. The molecule has 2 unspecified atom stereocenters.